The smallest absolute Gasteiger partial charge is 0.410 e. The van der Waals surface area contributed by atoms with Gasteiger partial charge >= 0.3 is 6.09 Å². The van der Waals surface area contributed by atoms with Gasteiger partial charge in [0, 0.05) is 30.8 Å². The molecule has 3 rings (SSSR count). The molecule has 0 spiro atoms. The van der Waals surface area contributed by atoms with E-state index in [2.05, 4.69) is 5.32 Å². The van der Waals surface area contributed by atoms with Crippen molar-refractivity contribution in [1.82, 2.24) is 15.1 Å². The number of hydrogen-bond acceptors (Lipinski definition) is 7. The van der Waals surface area contributed by atoms with Crippen LogP contribution in [0, 0.1) is 17.6 Å². The minimum absolute atomic E-state index is 0.0310. The van der Waals surface area contributed by atoms with E-state index in [9.17, 15) is 28.3 Å². The number of nitrogens with zero attached hydrogens (tertiary/aromatic N) is 2. The van der Waals surface area contributed by atoms with Crippen molar-refractivity contribution in [3.8, 4) is 0 Å². The van der Waals surface area contributed by atoms with Crippen LogP contribution in [0.15, 0.2) is 29.8 Å². The van der Waals surface area contributed by atoms with Crippen molar-refractivity contribution < 1.29 is 42.5 Å². The number of carbonyl (C=O) groups is 3. The monoisotopic (exact) mass is 679 g/mol. The third-order valence-corrected chi connectivity index (χ3v) is 8.57. The molecule has 12 heteroatoms. The Kier molecular flexibility index (Phi) is 15.3. The van der Waals surface area contributed by atoms with E-state index in [4.69, 9.17) is 14.2 Å². The number of carbonyl (C=O) groups excluding carboxylic acids is 3. The highest BCUT2D eigenvalue weighted by Gasteiger charge is 2.42. The summed E-state index contributed by atoms with van der Waals surface area (Å²) < 4.78 is 46.2. The lowest BCUT2D eigenvalue weighted by Gasteiger charge is -2.43. The molecule has 1 aliphatic heterocycles. The minimum atomic E-state index is -1.47. The van der Waals surface area contributed by atoms with E-state index in [0.29, 0.717) is 25.6 Å². The average molecular weight is 680 g/mol. The zero-order valence-electron chi connectivity index (χ0n) is 29.4. The van der Waals surface area contributed by atoms with Crippen LogP contribution in [0.4, 0.5) is 13.6 Å². The second-order valence-corrected chi connectivity index (χ2v) is 14.0. The maximum Gasteiger partial charge on any atom is 0.410 e. The second kappa shape index (κ2) is 18.6. The van der Waals surface area contributed by atoms with Crippen LogP contribution in [0.3, 0.4) is 0 Å². The van der Waals surface area contributed by atoms with Gasteiger partial charge in [0.25, 0.3) is 0 Å². The number of halogens is 2. The molecule has 270 valence electrons. The molecule has 1 heterocycles. The fraction of sp³-hybridized carbons (Fsp3) is 0.694. The first-order chi connectivity index (χ1) is 22.7. The normalized spacial score (nSPS) is 20.6. The third kappa shape index (κ3) is 12.4. The van der Waals surface area contributed by atoms with Crippen molar-refractivity contribution in [1.29, 1.82) is 0 Å². The highest BCUT2D eigenvalue weighted by Crippen LogP contribution is 2.27. The maximum atomic E-state index is 14.2. The molecule has 0 bridgehead atoms. The minimum Gasteiger partial charge on any atom is -0.444 e. The summed E-state index contributed by atoms with van der Waals surface area (Å²) in [7, 11) is 0. The summed E-state index contributed by atoms with van der Waals surface area (Å²) in [4.78, 5) is 42.9. The molecule has 1 saturated heterocycles. The summed E-state index contributed by atoms with van der Waals surface area (Å²) in [5, 5.41) is 14.6. The number of aliphatic hydroxyl groups is 1. The Bertz CT molecular complexity index is 1220. The van der Waals surface area contributed by atoms with Gasteiger partial charge in [0.1, 0.15) is 17.2 Å². The number of benzene rings is 1. The van der Waals surface area contributed by atoms with Gasteiger partial charge in [0.15, 0.2) is 6.29 Å². The summed E-state index contributed by atoms with van der Waals surface area (Å²) in [6.07, 6.45) is 5.32. The Hall–Kier alpha value is -3.09. The van der Waals surface area contributed by atoms with Crippen molar-refractivity contribution in [2.75, 3.05) is 32.8 Å². The van der Waals surface area contributed by atoms with Crippen molar-refractivity contribution >= 4 is 17.9 Å². The Morgan fingerprint density at radius 1 is 1.08 bits per heavy atom. The van der Waals surface area contributed by atoms with E-state index in [1.807, 2.05) is 13.8 Å². The number of amides is 3. The van der Waals surface area contributed by atoms with Crippen LogP contribution >= 0.6 is 0 Å². The summed E-state index contributed by atoms with van der Waals surface area (Å²) in [6, 6.07) is 0.822. The zero-order valence-corrected chi connectivity index (χ0v) is 29.4. The van der Waals surface area contributed by atoms with Gasteiger partial charge < -0.3 is 29.5 Å². The quantitative estimate of drug-likeness (QED) is 0.249. The number of hydrogen-bond donors (Lipinski definition) is 2. The molecule has 1 saturated carbocycles. The number of morpholine rings is 1. The fourth-order valence-electron chi connectivity index (χ4n) is 6.16. The van der Waals surface area contributed by atoms with Crippen molar-refractivity contribution in [3.63, 3.8) is 0 Å². The van der Waals surface area contributed by atoms with Gasteiger partial charge in [-0.2, -0.15) is 0 Å². The Balaban J connectivity index is 1.87. The molecule has 4 atom stereocenters. The molecule has 48 heavy (non-hydrogen) atoms. The predicted octanol–water partition coefficient (Wildman–Crippen LogP) is 5.51. The van der Waals surface area contributed by atoms with Crippen LogP contribution in [0.1, 0.15) is 92.1 Å². The van der Waals surface area contributed by atoms with E-state index in [-0.39, 0.29) is 36.6 Å². The average Bonchev–Trinajstić information content (AvgIpc) is 3.02. The number of ether oxygens (including phenoxy) is 3. The van der Waals surface area contributed by atoms with E-state index < -0.39 is 53.7 Å². The SMILES string of the molecule is CCCN(CCC)C(=O)C=C(C)C(=O)N[C@@H](Cc1cc(F)cc(F)c1)[C@H](O)[C@H]1CO[C@@H](OCC2CCCCC2)CN1C(=O)OC(C)(C)C. The first-order valence-corrected chi connectivity index (χ1v) is 17.3. The Morgan fingerprint density at radius 3 is 2.29 bits per heavy atom. The summed E-state index contributed by atoms with van der Waals surface area (Å²) in [5.74, 6) is -2.18. The third-order valence-electron chi connectivity index (χ3n) is 8.57. The summed E-state index contributed by atoms with van der Waals surface area (Å²) >= 11 is 0. The Morgan fingerprint density at radius 2 is 1.71 bits per heavy atom. The van der Waals surface area contributed by atoms with Gasteiger partial charge in [-0.1, -0.05) is 33.1 Å². The van der Waals surface area contributed by atoms with Crippen LogP contribution < -0.4 is 5.32 Å². The van der Waals surface area contributed by atoms with Gasteiger partial charge in [-0.25, -0.2) is 13.6 Å². The number of rotatable bonds is 14. The molecule has 0 unspecified atom stereocenters. The van der Waals surface area contributed by atoms with Crippen LogP contribution in [0.2, 0.25) is 0 Å². The lowest BCUT2D eigenvalue weighted by molar-refractivity contribution is -0.208. The standard InChI is InChI=1S/C36H55F2N3O7/c1-7-14-40(15-8-2)31(42)16-24(3)34(44)39-29(19-26-17-27(37)20-28(38)18-26)33(43)30-23-47-32(46-22-25-12-10-9-11-13-25)21-41(30)35(45)48-36(4,5)6/h16-18,20,25,29-30,32-33,43H,7-15,19,21-23H2,1-6H3,(H,39,44)/t29-,30+,32+,33-/m0/s1. The molecular weight excluding hydrogens is 624 g/mol. The highest BCUT2D eigenvalue weighted by molar-refractivity contribution is 6.00. The topological polar surface area (TPSA) is 118 Å². The largest absolute Gasteiger partial charge is 0.444 e. The van der Waals surface area contributed by atoms with Crippen LogP contribution in [-0.2, 0) is 30.2 Å². The van der Waals surface area contributed by atoms with Gasteiger partial charge in [-0.05, 0) is 83.4 Å². The molecule has 3 amide bonds. The molecule has 2 fully saturated rings. The molecule has 0 aromatic heterocycles. The Labute approximate surface area is 284 Å². The van der Waals surface area contributed by atoms with Gasteiger partial charge in [-0.15, -0.1) is 0 Å². The highest BCUT2D eigenvalue weighted by atomic mass is 19.1. The van der Waals surface area contributed by atoms with Crippen LogP contribution in [-0.4, -0.2) is 95.7 Å². The second-order valence-electron chi connectivity index (χ2n) is 14.0. The molecule has 2 N–H and O–H groups in total. The molecular formula is C36H55F2N3O7. The van der Waals surface area contributed by atoms with Crippen LogP contribution in [0.5, 0.6) is 0 Å². The number of nitrogens with one attached hydrogen (secondary N) is 1. The first-order valence-electron chi connectivity index (χ1n) is 17.3. The van der Waals surface area contributed by atoms with Crippen molar-refractivity contribution in [3.05, 3.63) is 47.0 Å². The molecule has 1 aromatic carbocycles. The van der Waals surface area contributed by atoms with E-state index in [1.54, 1.807) is 25.7 Å². The maximum absolute atomic E-state index is 14.2. The number of aliphatic hydroxyl groups excluding tert-OH is 1. The van der Waals surface area contributed by atoms with Gasteiger partial charge in [0.2, 0.25) is 11.8 Å². The zero-order chi connectivity index (χ0) is 35.4. The molecule has 1 aliphatic carbocycles. The first kappa shape index (κ1) is 39.3. The molecule has 0 radical (unpaired) electrons. The van der Waals surface area contributed by atoms with E-state index >= 15 is 0 Å². The fourth-order valence-corrected chi connectivity index (χ4v) is 6.16. The van der Waals surface area contributed by atoms with Gasteiger partial charge in [-0.3, -0.25) is 14.5 Å². The molecule has 10 nitrogen and oxygen atoms in total. The molecule has 1 aromatic rings. The molecule has 2 aliphatic rings. The summed E-state index contributed by atoms with van der Waals surface area (Å²) in [6.45, 7) is 12.0. The van der Waals surface area contributed by atoms with E-state index in [1.165, 1.54) is 24.3 Å². The lowest BCUT2D eigenvalue weighted by atomic mass is 9.90. The van der Waals surface area contributed by atoms with Crippen LogP contribution in [0.25, 0.3) is 0 Å². The van der Waals surface area contributed by atoms with Crippen molar-refractivity contribution in [2.45, 2.75) is 123 Å². The van der Waals surface area contributed by atoms with Crippen molar-refractivity contribution in [2.24, 2.45) is 5.92 Å². The predicted molar refractivity (Wildman–Crippen MR) is 178 cm³/mol. The van der Waals surface area contributed by atoms with Gasteiger partial charge in [0.05, 0.1) is 37.9 Å². The summed E-state index contributed by atoms with van der Waals surface area (Å²) in [5.41, 5.74) is -0.561. The lowest BCUT2D eigenvalue weighted by Crippen LogP contribution is -2.63. The van der Waals surface area contributed by atoms with E-state index in [0.717, 1.165) is 56.7 Å².